The molecular weight excluding hydrogens is 250 g/mol. The van der Waals surface area contributed by atoms with Crippen molar-refractivity contribution in [3.63, 3.8) is 0 Å². The molecule has 0 N–H and O–H groups in total. The number of hydrogen-bond donors (Lipinski definition) is 0. The molecule has 3 rings (SSSR count). The molecule has 0 radical (unpaired) electrons. The summed E-state index contributed by atoms with van der Waals surface area (Å²) >= 11 is 0. The molecule has 1 saturated heterocycles. The van der Waals surface area contributed by atoms with E-state index in [-0.39, 0.29) is 0 Å². The van der Waals surface area contributed by atoms with E-state index in [0.29, 0.717) is 11.6 Å². The van der Waals surface area contributed by atoms with Crippen LogP contribution in [-0.2, 0) is 0 Å². The highest BCUT2D eigenvalue weighted by molar-refractivity contribution is 5.42. The highest BCUT2D eigenvalue weighted by Gasteiger charge is 2.26. The Kier molecular flexibility index (Phi) is 3.30. The van der Waals surface area contributed by atoms with E-state index in [2.05, 4.69) is 26.8 Å². The summed E-state index contributed by atoms with van der Waals surface area (Å²) in [7, 11) is 0. The van der Waals surface area contributed by atoms with E-state index in [1.165, 1.54) is 17.3 Å². The van der Waals surface area contributed by atoms with E-state index in [9.17, 15) is 0 Å². The first-order chi connectivity index (χ1) is 9.78. The molecule has 1 unspecified atom stereocenters. The molecule has 1 aliphatic rings. The van der Waals surface area contributed by atoms with Gasteiger partial charge in [0.2, 0.25) is 0 Å². The van der Waals surface area contributed by atoms with Crippen molar-refractivity contribution in [1.29, 1.82) is 5.26 Å². The molecule has 5 heteroatoms. The van der Waals surface area contributed by atoms with E-state index in [1.54, 1.807) is 6.20 Å². The molecule has 1 atom stereocenters. The van der Waals surface area contributed by atoms with Crippen molar-refractivity contribution in [2.75, 3.05) is 18.0 Å². The molecule has 0 aromatic carbocycles. The maximum Gasteiger partial charge on any atom is 0.161 e. The number of anilines is 1. The molecule has 0 amide bonds. The van der Waals surface area contributed by atoms with Crippen LogP contribution in [0.25, 0.3) is 0 Å². The van der Waals surface area contributed by atoms with Crippen molar-refractivity contribution in [1.82, 2.24) is 15.0 Å². The largest absolute Gasteiger partial charge is 0.355 e. The lowest BCUT2D eigenvalue weighted by atomic mass is 9.96. The van der Waals surface area contributed by atoms with Crippen molar-refractivity contribution in [3.05, 3.63) is 47.7 Å². The third-order valence-corrected chi connectivity index (χ3v) is 3.77. The van der Waals surface area contributed by atoms with Crippen molar-refractivity contribution in [3.8, 4) is 6.07 Å². The zero-order valence-corrected chi connectivity index (χ0v) is 11.3. The van der Waals surface area contributed by atoms with Gasteiger partial charge < -0.3 is 4.90 Å². The fraction of sp³-hybridized carbons (Fsp3) is 0.333. The normalized spacial score (nSPS) is 18.0. The van der Waals surface area contributed by atoms with Gasteiger partial charge in [0.25, 0.3) is 0 Å². The topological polar surface area (TPSA) is 65.7 Å². The quantitative estimate of drug-likeness (QED) is 0.831. The van der Waals surface area contributed by atoms with Crippen molar-refractivity contribution < 1.29 is 0 Å². The molecule has 0 saturated carbocycles. The molecular formula is C15H15N5. The number of rotatable bonds is 2. The van der Waals surface area contributed by atoms with Crippen LogP contribution in [0.1, 0.15) is 29.2 Å². The summed E-state index contributed by atoms with van der Waals surface area (Å²) in [5, 5.41) is 8.89. The second-order valence-corrected chi connectivity index (χ2v) is 5.04. The van der Waals surface area contributed by atoms with E-state index in [0.717, 1.165) is 25.3 Å². The van der Waals surface area contributed by atoms with Crippen LogP contribution in [0.3, 0.4) is 0 Å². The Hall–Kier alpha value is -2.48. The average Bonchev–Trinajstić information content (AvgIpc) is 2.97. The Morgan fingerprint density at radius 1 is 1.30 bits per heavy atom. The number of aromatic nitrogens is 3. The minimum absolute atomic E-state index is 0.364. The fourth-order valence-corrected chi connectivity index (χ4v) is 2.69. The van der Waals surface area contributed by atoms with Crippen molar-refractivity contribution in [2.45, 2.75) is 19.3 Å². The van der Waals surface area contributed by atoms with E-state index < -0.39 is 0 Å². The highest BCUT2D eigenvalue weighted by Crippen LogP contribution is 2.30. The van der Waals surface area contributed by atoms with Gasteiger partial charge in [-0.25, -0.2) is 4.98 Å². The summed E-state index contributed by atoms with van der Waals surface area (Å²) in [4.78, 5) is 14.8. The van der Waals surface area contributed by atoms with Gasteiger partial charge in [-0.05, 0) is 30.5 Å². The molecule has 100 valence electrons. The Bertz CT molecular complexity index is 661. The summed E-state index contributed by atoms with van der Waals surface area (Å²) < 4.78 is 0. The van der Waals surface area contributed by atoms with Gasteiger partial charge in [-0.3, -0.25) is 9.97 Å². The molecule has 0 aliphatic carbocycles. The maximum atomic E-state index is 8.89. The molecule has 2 aromatic heterocycles. The second kappa shape index (κ2) is 5.25. The zero-order chi connectivity index (χ0) is 13.9. The zero-order valence-electron chi connectivity index (χ0n) is 11.3. The van der Waals surface area contributed by atoms with Crippen LogP contribution in [0.15, 0.2) is 30.9 Å². The van der Waals surface area contributed by atoms with E-state index in [4.69, 9.17) is 5.26 Å². The summed E-state index contributed by atoms with van der Waals surface area (Å²) in [6.45, 7) is 3.95. The molecule has 1 fully saturated rings. The number of pyridine rings is 1. The molecule has 20 heavy (non-hydrogen) atoms. The molecule has 5 nitrogen and oxygen atoms in total. The summed E-state index contributed by atoms with van der Waals surface area (Å²) in [5.74, 6) is 1.25. The summed E-state index contributed by atoms with van der Waals surface area (Å²) in [5.41, 5.74) is 2.95. The monoisotopic (exact) mass is 265 g/mol. The minimum atomic E-state index is 0.364. The Morgan fingerprint density at radius 3 is 3.00 bits per heavy atom. The third kappa shape index (κ3) is 2.32. The molecule has 0 bridgehead atoms. The smallest absolute Gasteiger partial charge is 0.161 e. The van der Waals surface area contributed by atoms with Gasteiger partial charge in [0.15, 0.2) is 5.69 Å². The van der Waals surface area contributed by atoms with Crippen LogP contribution >= 0.6 is 0 Å². The predicted molar refractivity (Wildman–Crippen MR) is 75.3 cm³/mol. The number of nitriles is 1. The lowest BCUT2D eigenvalue weighted by Crippen LogP contribution is -2.21. The van der Waals surface area contributed by atoms with Gasteiger partial charge in [-0.15, -0.1) is 0 Å². The Morgan fingerprint density at radius 2 is 2.20 bits per heavy atom. The Balaban J connectivity index is 1.80. The molecule has 2 aromatic rings. The van der Waals surface area contributed by atoms with Gasteiger partial charge in [-0.1, -0.05) is 0 Å². The van der Waals surface area contributed by atoms with Crippen molar-refractivity contribution in [2.24, 2.45) is 0 Å². The maximum absolute atomic E-state index is 8.89. The van der Waals surface area contributed by atoms with Crippen LogP contribution in [0.4, 0.5) is 5.82 Å². The van der Waals surface area contributed by atoms with Crippen LogP contribution in [0.5, 0.6) is 0 Å². The van der Waals surface area contributed by atoms with E-state index >= 15 is 0 Å². The van der Waals surface area contributed by atoms with Crippen LogP contribution < -0.4 is 4.90 Å². The molecule has 3 heterocycles. The van der Waals surface area contributed by atoms with Crippen LogP contribution in [0.2, 0.25) is 0 Å². The first-order valence-electron chi connectivity index (χ1n) is 6.65. The first-order valence-corrected chi connectivity index (χ1v) is 6.65. The lowest BCUT2D eigenvalue weighted by Gasteiger charge is -2.17. The van der Waals surface area contributed by atoms with Crippen molar-refractivity contribution >= 4 is 5.82 Å². The van der Waals surface area contributed by atoms with Crippen LogP contribution in [-0.4, -0.2) is 28.0 Å². The number of aryl methyl sites for hydroxylation is 1. The SMILES string of the molecule is Cc1ccncc1C1CCN(c2cncc(C#N)n2)C1. The lowest BCUT2D eigenvalue weighted by molar-refractivity contribution is 0.762. The fourth-order valence-electron chi connectivity index (χ4n) is 2.69. The molecule has 0 spiro atoms. The Labute approximate surface area is 117 Å². The first kappa shape index (κ1) is 12.5. The average molecular weight is 265 g/mol. The minimum Gasteiger partial charge on any atom is -0.355 e. The summed E-state index contributed by atoms with van der Waals surface area (Å²) in [6.07, 6.45) is 8.07. The number of hydrogen-bond acceptors (Lipinski definition) is 5. The van der Waals surface area contributed by atoms with Gasteiger partial charge >= 0.3 is 0 Å². The van der Waals surface area contributed by atoms with Gasteiger partial charge in [0.1, 0.15) is 11.9 Å². The van der Waals surface area contributed by atoms with Crippen LogP contribution in [0, 0.1) is 18.3 Å². The van der Waals surface area contributed by atoms with Gasteiger partial charge in [0.05, 0.1) is 12.4 Å². The molecule has 1 aliphatic heterocycles. The summed E-state index contributed by atoms with van der Waals surface area (Å²) in [6, 6.07) is 4.08. The predicted octanol–water partition coefficient (Wildman–Crippen LogP) is 2.05. The van der Waals surface area contributed by atoms with E-state index in [1.807, 2.05) is 24.5 Å². The third-order valence-electron chi connectivity index (χ3n) is 3.77. The highest BCUT2D eigenvalue weighted by atomic mass is 15.2. The number of nitrogens with zero attached hydrogens (tertiary/aromatic N) is 5. The second-order valence-electron chi connectivity index (χ2n) is 5.04. The van der Waals surface area contributed by atoms with Gasteiger partial charge in [0, 0.05) is 31.4 Å². The van der Waals surface area contributed by atoms with Gasteiger partial charge in [-0.2, -0.15) is 5.26 Å². The standard InChI is InChI=1S/C15H15N5/c1-11-2-4-17-8-14(11)12-3-5-20(10-12)15-9-18-7-13(6-16)19-15/h2,4,7-9,12H,3,5,10H2,1H3.